The molecule has 2 heteroatoms. The molecule has 0 aliphatic carbocycles. The van der Waals surface area contributed by atoms with E-state index in [9.17, 15) is 4.79 Å². The zero-order chi connectivity index (χ0) is 8.97. The van der Waals surface area contributed by atoms with Crippen LogP contribution >= 0.6 is 0 Å². The molecule has 1 amide bonds. The lowest BCUT2D eigenvalue weighted by Crippen LogP contribution is -2.18. The highest BCUT2D eigenvalue weighted by Gasteiger charge is 1.91. The van der Waals surface area contributed by atoms with Gasteiger partial charge in [0.25, 0.3) is 0 Å². The van der Waals surface area contributed by atoms with Crippen LogP contribution in [0, 0.1) is 0 Å². The number of benzene rings is 1. The van der Waals surface area contributed by atoms with Gasteiger partial charge in [-0.2, -0.15) is 0 Å². The first-order chi connectivity index (χ1) is 5.70. The number of nitrogens with one attached hydrogen (secondary N) is 1. The second kappa shape index (κ2) is 3.76. The Labute approximate surface area is 67.6 Å². The van der Waals surface area contributed by atoms with Crippen molar-refractivity contribution < 1.29 is 6.17 Å². The molecule has 0 spiro atoms. The minimum atomic E-state index is -0.649. The third kappa shape index (κ3) is 2.85. The third-order valence-electron chi connectivity index (χ3n) is 1.24. The van der Waals surface area contributed by atoms with E-state index in [-0.39, 0.29) is 5.91 Å². The zero-order valence-corrected chi connectivity index (χ0v) is 6.37. The van der Waals surface area contributed by atoms with Crippen molar-refractivity contribution in [1.29, 1.82) is 0 Å². The van der Waals surface area contributed by atoms with Gasteiger partial charge in [-0.15, -0.1) is 0 Å². The number of carbonyl (C=O) groups is 1. The fourth-order valence-corrected chi connectivity index (χ4v) is 0.734. The van der Waals surface area contributed by atoms with Crippen molar-refractivity contribution >= 4 is 5.91 Å². The molecule has 0 aliphatic rings. The van der Waals surface area contributed by atoms with E-state index in [0.717, 1.165) is 5.56 Å². The molecule has 0 saturated heterocycles. The molecule has 1 atom stereocenters. The van der Waals surface area contributed by atoms with Crippen LogP contribution in [0.15, 0.2) is 30.3 Å². The van der Waals surface area contributed by atoms with E-state index in [2.05, 4.69) is 5.32 Å². The van der Waals surface area contributed by atoms with Gasteiger partial charge in [-0.3, -0.25) is 4.79 Å². The summed E-state index contributed by atoms with van der Waals surface area (Å²) in [5.74, 6) is -0.182. The molecule has 2 nitrogen and oxygen atoms in total. The Balaban J connectivity index is 2.65. The number of hydrogen-bond acceptors (Lipinski definition) is 1. The molecule has 1 aromatic carbocycles. The molecule has 0 aromatic heterocycles. The number of hydrogen-bond donors (Lipinski definition) is 1. The normalized spacial score (nSPS) is 13.4. The highest BCUT2D eigenvalue weighted by atomic mass is 16.1. The van der Waals surface area contributed by atoms with Crippen molar-refractivity contribution in [3.63, 3.8) is 0 Å². The van der Waals surface area contributed by atoms with Gasteiger partial charge in [0, 0.05) is 13.4 Å². The summed E-state index contributed by atoms with van der Waals surface area (Å²) in [6, 6.07) is 9.20. The van der Waals surface area contributed by atoms with E-state index >= 15 is 0 Å². The van der Waals surface area contributed by atoms with Gasteiger partial charge in [0.1, 0.15) is 0 Å². The summed E-state index contributed by atoms with van der Waals surface area (Å²) >= 11 is 0. The van der Waals surface area contributed by atoms with Gasteiger partial charge in [-0.1, -0.05) is 30.3 Å². The van der Waals surface area contributed by atoms with Crippen molar-refractivity contribution in [1.82, 2.24) is 5.32 Å². The van der Waals surface area contributed by atoms with Crippen molar-refractivity contribution in [3.05, 3.63) is 35.9 Å². The molecule has 0 bridgehead atoms. The van der Waals surface area contributed by atoms with Crippen LogP contribution in [-0.2, 0) is 11.3 Å². The Hall–Kier alpha value is -1.31. The maximum Gasteiger partial charge on any atom is 0.217 e. The Kier molecular flexibility index (Phi) is 2.19. The summed E-state index contributed by atoms with van der Waals surface area (Å²) in [4.78, 5) is 10.6. The molecule has 58 valence electrons. The van der Waals surface area contributed by atoms with Crippen LogP contribution in [0.25, 0.3) is 0 Å². The van der Waals surface area contributed by atoms with Crippen LogP contribution in [0.3, 0.4) is 0 Å². The molecule has 0 heterocycles. The van der Waals surface area contributed by atoms with Gasteiger partial charge in [-0.25, -0.2) is 0 Å². The third-order valence-corrected chi connectivity index (χ3v) is 1.24. The molecule has 1 aromatic rings. The molecule has 1 unspecified atom stereocenters. The lowest BCUT2D eigenvalue weighted by Gasteiger charge is -2.00. The second-order valence-electron chi connectivity index (χ2n) is 2.26. The molecule has 1 N–H and O–H groups in total. The molecule has 0 fully saturated rings. The van der Waals surface area contributed by atoms with E-state index in [0.29, 0.717) is 0 Å². The largest absolute Gasteiger partial charge is 0.352 e. The first kappa shape index (κ1) is 6.40. The molecule has 11 heavy (non-hydrogen) atoms. The Morgan fingerprint density at radius 2 is 2.18 bits per heavy atom. The Bertz CT molecular complexity index is 260. The van der Waals surface area contributed by atoms with Gasteiger partial charge >= 0.3 is 0 Å². The summed E-state index contributed by atoms with van der Waals surface area (Å²) in [5.41, 5.74) is 0.799. The lowest BCUT2D eigenvalue weighted by atomic mass is 10.2. The topological polar surface area (TPSA) is 29.1 Å². The molecular weight excluding hydrogens is 138 g/mol. The quantitative estimate of drug-likeness (QED) is 0.677. The van der Waals surface area contributed by atoms with Crippen molar-refractivity contribution in [2.75, 3.05) is 0 Å². The van der Waals surface area contributed by atoms with Gasteiger partial charge in [0.05, 0.1) is 1.37 Å². The highest BCUT2D eigenvalue weighted by Crippen LogP contribution is 1.96. The van der Waals surface area contributed by atoms with Gasteiger partial charge < -0.3 is 5.32 Å². The standard InChI is InChI=1S/C9H11NO/c1-8(11)10-7-9-5-3-2-4-6-9/h2-6H,7H2,1H3,(H,10,11)/i7D. The molecule has 0 aliphatic heterocycles. The molecule has 1 rings (SSSR count). The van der Waals surface area contributed by atoms with E-state index in [1.807, 2.05) is 30.3 Å². The Morgan fingerprint density at radius 3 is 2.73 bits per heavy atom. The van der Waals surface area contributed by atoms with E-state index < -0.39 is 6.52 Å². The highest BCUT2D eigenvalue weighted by molar-refractivity contribution is 5.72. The monoisotopic (exact) mass is 150 g/mol. The van der Waals surface area contributed by atoms with Gasteiger partial charge in [0.15, 0.2) is 0 Å². The van der Waals surface area contributed by atoms with Gasteiger partial charge in [0.2, 0.25) is 5.91 Å². The summed E-state index contributed by atoms with van der Waals surface area (Å²) in [5, 5.41) is 2.49. The second-order valence-corrected chi connectivity index (χ2v) is 2.26. The maximum atomic E-state index is 10.6. The fraction of sp³-hybridized carbons (Fsp3) is 0.222. The smallest absolute Gasteiger partial charge is 0.217 e. The van der Waals surface area contributed by atoms with E-state index in [4.69, 9.17) is 1.37 Å². The molecule has 0 radical (unpaired) electrons. The van der Waals surface area contributed by atoms with Crippen LogP contribution in [0.1, 0.15) is 13.9 Å². The first-order valence-corrected chi connectivity index (χ1v) is 3.44. The van der Waals surface area contributed by atoms with Crippen LogP contribution in [0.4, 0.5) is 0 Å². The zero-order valence-electron chi connectivity index (χ0n) is 7.37. The summed E-state index contributed by atoms with van der Waals surface area (Å²) in [7, 11) is 0. The fourth-order valence-electron chi connectivity index (χ4n) is 0.734. The average Bonchev–Trinajstić information content (AvgIpc) is 2.05. The molecule has 0 saturated carbocycles. The predicted molar refractivity (Wildman–Crippen MR) is 44.0 cm³/mol. The lowest BCUT2D eigenvalue weighted by molar-refractivity contribution is -0.119. The molecular formula is C9H11NO. The first-order valence-electron chi connectivity index (χ1n) is 4.02. The Morgan fingerprint density at radius 1 is 1.55 bits per heavy atom. The van der Waals surface area contributed by atoms with E-state index in [1.54, 1.807) is 0 Å². The van der Waals surface area contributed by atoms with E-state index in [1.165, 1.54) is 6.92 Å². The van der Waals surface area contributed by atoms with Gasteiger partial charge in [-0.05, 0) is 5.56 Å². The number of amides is 1. The van der Waals surface area contributed by atoms with Crippen LogP contribution in [-0.4, -0.2) is 5.91 Å². The maximum absolute atomic E-state index is 10.6. The van der Waals surface area contributed by atoms with Crippen LogP contribution in [0.2, 0.25) is 0 Å². The summed E-state index contributed by atoms with van der Waals surface area (Å²) in [6.45, 7) is 0.758. The number of carbonyl (C=O) groups excluding carboxylic acids is 1. The van der Waals surface area contributed by atoms with Crippen LogP contribution in [0.5, 0.6) is 0 Å². The van der Waals surface area contributed by atoms with Crippen molar-refractivity contribution in [2.24, 2.45) is 0 Å². The van der Waals surface area contributed by atoms with Crippen molar-refractivity contribution in [3.8, 4) is 0 Å². The van der Waals surface area contributed by atoms with Crippen molar-refractivity contribution in [2.45, 2.75) is 13.4 Å². The number of rotatable bonds is 2. The summed E-state index contributed by atoms with van der Waals surface area (Å²) < 4.78 is 7.51. The average molecular weight is 150 g/mol. The SMILES string of the molecule is [2H]C(NC(C)=O)c1ccccc1. The van der Waals surface area contributed by atoms with Crippen LogP contribution < -0.4 is 5.32 Å². The predicted octanol–water partition coefficient (Wildman–Crippen LogP) is 1.32. The minimum Gasteiger partial charge on any atom is -0.352 e. The minimum absolute atomic E-state index is 0.182. The summed E-state index contributed by atoms with van der Waals surface area (Å²) in [6.07, 6.45) is 0.